The van der Waals surface area contributed by atoms with Crippen molar-refractivity contribution in [3.8, 4) is 0 Å². The van der Waals surface area contributed by atoms with Crippen LogP contribution in [0, 0.1) is 5.92 Å². The van der Waals surface area contributed by atoms with Gasteiger partial charge in [-0.3, -0.25) is 4.79 Å². The molecule has 2 unspecified atom stereocenters. The number of amides is 1. The number of nitrogens with two attached hydrogens (primary N) is 1. The average Bonchev–Trinajstić information content (AvgIpc) is 2.85. The van der Waals surface area contributed by atoms with Crippen molar-refractivity contribution in [3.05, 3.63) is 0 Å². The lowest BCUT2D eigenvalue weighted by Crippen LogP contribution is -2.62. The number of hydrogen-bond acceptors (Lipinski definition) is 2. The summed E-state index contributed by atoms with van der Waals surface area (Å²) >= 11 is 0. The number of halogens is 3. The van der Waals surface area contributed by atoms with Crippen LogP contribution < -0.4 is 11.1 Å². The molecule has 0 bridgehead atoms. The average molecular weight is 238 g/mol. The third kappa shape index (κ3) is 3.10. The molecule has 0 heterocycles. The Kier molecular flexibility index (Phi) is 3.52. The Hall–Kier alpha value is -0.780. The minimum atomic E-state index is -4.73. The molecule has 0 aromatic heterocycles. The van der Waals surface area contributed by atoms with Gasteiger partial charge in [0.05, 0.1) is 0 Å². The third-order valence-electron chi connectivity index (χ3n) is 2.82. The van der Waals surface area contributed by atoms with E-state index < -0.39 is 17.6 Å². The van der Waals surface area contributed by atoms with E-state index in [1.807, 2.05) is 0 Å². The summed E-state index contributed by atoms with van der Waals surface area (Å²) in [6.07, 6.45) is -1.81. The summed E-state index contributed by atoms with van der Waals surface area (Å²) in [5.41, 5.74) is 2.18. The number of carbonyl (C=O) groups excluding carboxylic acids is 1. The molecule has 0 aliphatic heterocycles. The van der Waals surface area contributed by atoms with Crippen LogP contribution in [0.4, 0.5) is 13.2 Å². The van der Waals surface area contributed by atoms with Crippen LogP contribution >= 0.6 is 0 Å². The summed E-state index contributed by atoms with van der Waals surface area (Å²) in [5.74, 6) is -0.613. The van der Waals surface area contributed by atoms with E-state index in [-0.39, 0.29) is 6.04 Å². The zero-order chi connectivity index (χ0) is 12.6. The van der Waals surface area contributed by atoms with Crippen LogP contribution in [0.15, 0.2) is 0 Å². The summed E-state index contributed by atoms with van der Waals surface area (Å²) < 4.78 is 37.3. The van der Waals surface area contributed by atoms with E-state index in [2.05, 4.69) is 5.32 Å². The van der Waals surface area contributed by atoms with Crippen molar-refractivity contribution in [2.24, 2.45) is 11.7 Å². The highest BCUT2D eigenvalue weighted by Crippen LogP contribution is 2.34. The Bertz CT molecular complexity index is 272. The quantitative estimate of drug-likeness (QED) is 0.781. The molecule has 1 saturated carbocycles. The fraction of sp³-hybridized carbons (Fsp3) is 0.900. The molecule has 1 aliphatic carbocycles. The van der Waals surface area contributed by atoms with Gasteiger partial charge in [0.15, 0.2) is 5.54 Å². The molecule has 0 radical (unpaired) electrons. The molecule has 1 aliphatic rings. The van der Waals surface area contributed by atoms with Crippen molar-refractivity contribution >= 4 is 5.91 Å². The van der Waals surface area contributed by atoms with Crippen LogP contribution in [0.3, 0.4) is 0 Å². The smallest absolute Gasteiger partial charge is 0.352 e. The topological polar surface area (TPSA) is 55.1 Å². The third-order valence-corrected chi connectivity index (χ3v) is 2.82. The van der Waals surface area contributed by atoms with E-state index in [4.69, 9.17) is 5.73 Å². The van der Waals surface area contributed by atoms with Crippen molar-refractivity contribution in [2.75, 3.05) is 0 Å². The first-order valence-electron chi connectivity index (χ1n) is 5.31. The van der Waals surface area contributed by atoms with Crippen LogP contribution in [0.5, 0.6) is 0 Å². The summed E-state index contributed by atoms with van der Waals surface area (Å²) in [4.78, 5) is 11.4. The standard InChI is InChI=1S/C10H17F3N2O/c1-6(5-7-3-4-7)15-8(16)9(2,14)10(11,12)13/h6-7H,3-5,14H2,1-2H3,(H,15,16). The number of hydrogen-bond donors (Lipinski definition) is 2. The van der Waals surface area contributed by atoms with Crippen molar-refractivity contribution in [3.63, 3.8) is 0 Å². The highest BCUT2D eigenvalue weighted by atomic mass is 19.4. The molecule has 16 heavy (non-hydrogen) atoms. The number of carbonyl (C=O) groups is 1. The van der Waals surface area contributed by atoms with Crippen LogP contribution in [0.1, 0.15) is 33.1 Å². The van der Waals surface area contributed by atoms with Gasteiger partial charge in [-0.15, -0.1) is 0 Å². The first-order chi connectivity index (χ1) is 7.14. The van der Waals surface area contributed by atoms with E-state index in [0.717, 1.165) is 19.3 Å². The molecular formula is C10H17F3N2O. The van der Waals surface area contributed by atoms with Crippen molar-refractivity contribution in [1.29, 1.82) is 0 Å². The second-order valence-electron chi connectivity index (χ2n) is 4.75. The second kappa shape index (κ2) is 4.24. The van der Waals surface area contributed by atoms with Gasteiger partial charge in [0.1, 0.15) is 0 Å². The largest absolute Gasteiger partial charge is 0.415 e. The van der Waals surface area contributed by atoms with Crippen molar-refractivity contribution < 1.29 is 18.0 Å². The summed E-state index contributed by atoms with van der Waals surface area (Å²) in [5, 5.41) is 2.31. The molecule has 94 valence electrons. The lowest BCUT2D eigenvalue weighted by molar-refractivity contribution is -0.187. The molecule has 6 heteroatoms. The van der Waals surface area contributed by atoms with E-state index >= 15 is 0 Å². The molecular weight excluding hydrogens is 221 g/mol. The monoisotopic (exact) mass is 238 g/mol. The van der Waals surface area contributed by atoms with Gasteiger partial charge in [-0.2, -0.15) is 13.2 Å². The zero-order valence-corrected chi connectivity index (χ0v) is 9.40. The van der Waals surface area contributed by atoms with E-state index in [1.165, 1.54) is 0 Å². The van der Waals surface area contributed by atoms with Gasteiger partial charge in [0.2, 0.25) is 5.91 Å². The fourth-order valence-corrected chi connectivity index (χ4v) is 1.41. The van der Waals surface area contributed by atoms with E-state index in [9.17, 15) is 18.0 Å². The van der Waals surface area contributed by atoms with Gasteiger partial charge in [0.25, 0.3) is 0 Å². The van der Waals surface area contributed by atoms with Crippen LogP contribution in [0.25, 0.3) is 0 Å². The van der Waals surface area contributed by atoms with Gasteiger partial charge in [0, 0.05) is 6.04 Å². The van der Waals surface area contributed by atoms with E-state index in [1.54, 1.807) is 6.92 Å². The van der Waals surface area contributed by atoms with Gasteiger partial charge < -0.3 is 11.1 Å². The van der Waals surface area contributed by atoms with Crippen LogP contribution in [-0.4, -0.2) is 23.7 Å². The van der Waals surface area contributed by atoms with Gasteiger partial charge in [-0.25, -0.2) is 0 Å². The van der Waals surface area contributed by atoms with Crippen LogP contribution in [-0.2, 0) is 4.79 Å². The Balaban J connectivity index is 2.49. The molecule has 1 rings (SSSR count). The molecule has 1 fully saturated rings. The predicted molar refractivity (Wildman–Crippen MR) is 53.6 cm³/mol. The molecule has 0 spiro atoms. The molecule has 3 N–H and O–H groups in total. The second-order valence-corrected chi connectivity index (χ2v) is 4.75. The first-order valence-corrected chi connectivity index (χ1v) is 5.31. The zero-order valence-electron chi connectivity index (χ0n) is 9.40. The van der Waals surface area contributed by atoms with Gasteiger partial charge in [-0.1, -0.05) is 12.8 Å². The van der Waals surface area contributed by atoms with E-state index in [0.29, 0.717) is 12.8 Å². The minimum absolute atomic E-state index is 0.259. The fourth-order valence-electron chi connectivity index (χ4n) is 1.41. The minimum Gasteiger partial charge on any atom is -0.352 e. The number of nitrogens with one attached hydrogen (secondary N) is 1. The predicted octanol–water partition coefficient (Wildman–Crippen LogP) is 1.57. The summed E-state index contributed by atoms with van der Waals surface area (Å²) in [6.45, 7) is 2.38. The number of rotatable bonds is 4. The number of alkyl halides is 3. The molecule has 1 amide bonds. The lowest BCUT2D eigenvalue weighted by Gasteiger charge is -2.28. The van der Waals surface area contributed by atoms with Crippen molar-refractivity contribution in [1.82, 2.24) is 5.32 Å². The Morgan fingerprint density at radius 1 is 1.50 bits per heavy atom. The highest BCUT2D eigenvalue weighted by molar-refractivity contribution is 5.86. The Morgan fingerprint density at radius 2 is 2.00 bits per heavy atom. The molecule has 0 saturated heterocycles. The first kappa shape index (κ1) is 13.3. The lowest BCUT2D eigenvalue weighted by atomic mass is 10.0. The molecule has 2 atom stereocenters. The van der Waals surface area contributed by atoms with Crippen LogP contribution in [0.2, 0.25) is 0 Å². The molecule has 0 aromatic carbocycles. The normalized spacial score (nSPS) is 22.4. The van der Waals surface area contributed by atoms with Crippen molar-refractivity contribution in [2.45, 2.75) is 50.9 Å². The SMILES string of the molecule is CC(CC1CC1)NC(=O)C(C)(N)C(F)(F)F. The highest BCUT2D eigenvalue weighted by Gasteiger charge is 2.54. The summed E-state index contributed by atoms with van der Waals surface area (Å²) in [6, 6.07) is -0.259. The van der Waals surface area contributed by atoms with Gasteiger partial charge in [-0.05, 0) is 26.2 Å². The maximum absolute atomic E-state index is 12.4. The maximum atomic E-state index is 12.4. The maximum Gasteiger partial charge on any atom is 0.415 e. The molecule has 3 nitrogen and oxygen atoms in total. The molecule has 0 aromatic rings. The Labute approximate surface area is 92.6 Å². The van der Waals surface area contributed by atoms with Gasteiger partial charge >= 0.3 is 6.18 Å². The Morgan fingerprint density at radius 3 is 2.38 bits per heavy atom. The summed E-state index contributed by atoms with van der Waals surface area (Å²) in [7, 11) is 0.